The van der Waals surface area contributed by atoms with Crippen LogP contribution in [0.2, 0.25) is 5.02 Å². The van der Waals surface area contributed by atoms with Gasteiger partial charge in [-0.25, -0.2) is 4.98 Å². The Labute approximate surface area is 198 Å². The van der Waals surface area contributed by atoms with E-state index in [1.54, 1.807) is 23.9 Å². The van der Waals surface area contributed by atoms with E-state index >= 15 is 0 Å². The first-order chi connectivity index (χ1) is 16.0. The Hall–Kier alpha value is -2.87. The number of nitrogens with zero attached hydrogens (tertiary/aromatic N) is 4. The minimum absolute atomic E-state index is 0.0109. The van der Waals surface area contributed by atoms with Crippen LogP contribution in [0.5, 0.6) is 5.75 Å². The molecule has 0 saturated carbocycles. The average Bonchev–Trinajstić information content (AvgIpc) is 2.83. The van der Waals surface area contributed by atoms with E-state index in [0.717, 1.165) is 24.5 Å². The van der Waals surface area contributed by atoms with Crippen LogP contribution in [0.4, 0.5) is 5.82 Å². The molecule has 0 amide bonds. The lowest BCUT2D eigenvalue weighted by molar-refractivity contribution is 0.183. The molecule has 1 N–H and O–H groups in total. The molecule has 0 spiro atoms. The van der Waals surface area contributed by atoms with Crippen LogP contribution in [0.15, 0.2) is 59.5 Å². The SMILES string of the molecule is COCCn1c(C)cc(O)c(C(c2ccccc2Cl)N2CCN(c3ccccn3)CC2)c1=O. The summed E-state index contributed by atoms with van der Waals surface area (Å²) in [6, 6.07) is 14.6. The molecule has 3 aromatic rings. The smallest absolute Gasteiger partial charge is 0.259 e. The van der Waals surface area contributed by atoms with Gasteiger partial charge in [0.1, 0.15) is 11.6 Å². The first kappa shape index (κ1) is 23.3. The van der Waals surface area contributed by atoms with Gasteiger partial charge in [-0.15, -0.1) is 0 Å². The van der Waals surface area contributed by atoms with Crippen LogP contribution in [0.1, 0.15) is 22.9 Å². The van der Waals surface area contributed by atoms with Gasteiger partial charge in [-0.1, -0.05) is 35.9 Å². The summed E-state index contributed by atoms with van der Waals surface area (Å²) in [6.45, 7) is 5.53. The number of aromatic hydroxyl groups is 1. The van der Waals surface area contributed by atoms with Crippen LogP contribution in [-0.2, 0) is 11.3 Å². The normalized spacial score (nSPS) is 15.5. The lowest BCUT2D eigenvalue weighted by Crippen LogP contribution is -2.49. The quantitative estimate of drug-likeness (QED) is 0.572. The predicted octanol–water partition coefficient (Wildman–Crippen LogP) is 3.47. The van der Waals surface area contributed by atoms with E-state index in [2.05, 4.69) is 14.8 Å². The molecule has 1 unspecified atom stereocenters. The topological polar surface area (TPSA) is 70.8 Å². The third-order valence-corrected chi connectivity index (χ3v) is 6.51. The number of pyridine rings is 2. The van der Waals surface area contributed by atoms with Gasteiger partial charge in [-0.3, -0.25) is 9.69 Å². The number of methoxy groups -OCH3 is 1. The van der Waals surface area contributed by atoms with E-state index in [4.69, 9.17) is 16.3 Å². The van der Waals surface area contributed by atoms with Crippen molar-refractivity contribution < 1.29 is 9.84 Å². The highest BCUT2D eigenvalue weighted by Gasteiger charge is 2.32. The Morgan fingerprint density at radius 1 is 1.12 bits per heavy atom. The Kier molecular flexibility index (Phi) is 7.33. The molecular formula is C25H29ClN4O3. The van der Waals surface area contributed by atoms with E-state index in [0.29, 0.717) is 42.5 Å². The Morgan fingerprint density at radius 3 is 2.52 bits per heavy atom. The van der Waals surface area contributed by atoms with E-state index in [1.165, 1.54) is 0 Å². The molecule has 33 heavy (non-hydrogen) atoms. The highest BCUT2D eigenvalue weighted by molar-refractivity contribution is 6.31. The molecule has 7 nitrogen and oxygen atoms in total. The van der Waals surface area contributed by atoms with Crippen molar-refractivity contribution in [2.45, 2.75) is 19.5 Å². The van der Waals surface area contributed by atoms with Gasteiger partial charge >= 0.3 is 0 Å². The van der Waals surface area contributed by atoms with Gasteiger partial charge in [0, 0.05) is 56.7 Å². The van der Waals surface area contributed by atoms with Gasteiger partial charge in [0.25, 0.3) is 5.56 Å². The Morgan fingerprint density at radius 2 is 1.85 bits per heavy atom. The predicted molar refractivity (Wildman–Crippen MR) is 130 cm³/mol. The lowest BCUT2D eigenvalue weighted by Gasteiger charge is -2.40. The van der Waals surface area contributed by atoms with Crippen molar-refractivity contribution in [1.29, 1.82) is 0 Å². The molecule has 4 rings (SSSR count). The molecule has 1 aromatic carbocycles. The van der Waals surface area contributed by atoms with Crippen molar-refractivity contribution in [2.75, 3.05) is 44.8 Å². The van der Waals surface area contributed by atoms with Gasteiger partial charge in [0.15, 0.2) is 0 Å². The minimum Gasteiger partial charge on any atom is -0.507 e. The van der Waals surface area contributed by atoms with Crippen molar-refractivity contribution in [3.63, 3.8) is 0 Å². The molecule has 1 atom stereocenters. The first-order valence-electron chi connectivity index (χ1n) is 11.1. The number of benzene rings is 1. The van der Waals surface area contributed by atoms with Gasteiger partial charge in [-0.2, -0.15) is 0 Å². The number of aromatic nitrogens is 2. The summed E-state index contributed by atoms with van der Waals surface area (Å²) in [7, 11) is 1.61. The third kappa shape index (κ3) is 4.90. The van der Waals surface area contributed by atoms with Crippen molar-refractivity contribution in [3.8, 4) is 5.75 Å². The van der Waals surface area contributed by atoms with Crippen molar-refractivity contribution >= 4 is 17.4 Å². The number of hydrogen-bond donors (Lipinski definition) is 1. The zero-order chi connectivity index (χ0) is 23.4. The number of aryl methyl sites for hydroxylation is 1. The second-order valence-corrected chi connectivity index (χ2v) is 8.58. The van der Waals surface area contributed by atoms with Crippen LogP contribution < -0.4 is 10.5 Å². The molecular weight excluding hydrogens is 440 g/mol. The highest BCUT2D eigenvalue weighted by Crippen LogP contribution is 2.36. The maximum absolute atomic E-state index is 13.6. The largest absolute Gasteiger partial charge is 0.507 e. The number of hydrogen-bond acceptors (Lipinski definition) is 6. The number of rotatable bonds is 7. The summed E-state index contributed by atoms with van der Waals surface area (Å²) < 4.78 is 6.85. The molecule has 174 valence electrons. The summed E-state index contributed by atoms with van der Waals surface area (Å²) in [5.41, 5.74) is 1.62. The molecule has 8 heteroatoms. The monoisotopic (exact) mass is 468 g/mol. The average molecular weight is 469 g/mol. The van der Waals surface area contributed by atoms with Gasteiger partial charge in [0.05, 0.1) is 18.2 Å². The highest BCUT2D eigenvalue weighted by atomic mass is 35.5. The maximum Gasteiger partial charge on any atom is 0.259 e. The summed E-state index contributed by atoms with van der Waals surface area (Å²) in [5, 5.41) is 11.5. The van der Waals surface area contributed by atoms with Crippen LogP contribution >= 0.6 is 11.6 Å². The van der Waals surface area contributed by atoms with Crippen molar-refractivity contribution in [1.82, 2.24) is 14.5 Å². The molecule has 1 aliphatic rings. The van der Waals surface area contributed by atoms with Crippen LogP contribution in [0.25, 0.3) is 0 Å². The fourth-order valence-electron chi connectivity index (χ4n) is 4.47. The van der Waals surface area contributed by atoms with Crippen LogP contribution in [-0.4, -0.2) is 59.5 Å². The van der Waals surface area contributed by atoms with Gasteiger partial charge in [0.2, 0.25) is 0 Å². The molecule has 0 radical (unpaired) electrons. The summed E-state index contributed by atoms with van der Waals surface area (Å²) in [4.78, 5) is 22.5. The lowest BCUT2D eigenvalue weighted by atomic mass is 9.96. The van der Waals surface area contributed by atoms with E-state index < -0.39 is 6.04 Å². The zero-order valence-electron chi connectivity index (χ0n) is 18.9. The Bertz CT molecular complexity index is 1140. The number of anilines is 1. The number of ether oxygens (including phenoxy) is 1. The Balaban J connectivity index is 1.74. The second kappa shape index (κ2) is 10.4. The zero-order valence-corrected chi connectivity index (χ0v) is 19.7. The van der Waals surface area contributed by atoms with Gasteiger partial charge < -0.3 is 19.3 Å². The van der Waals surface area contributed by atoms with E-state index in [9.17, 15) is 9.90 Å². The number of piperazine rings is 1. The molecule has 1 fully saturated rings. The summed E-state index contributed by atoms with van der Waals surface area (Å²) in [5.74, 6) is 0.926. The molecule has 0 aliphatic carbocycles. The van der Waals surface area contributed by atoms with Crippen molar-refractivity contribution in [2.24, 2.45) is 0 Å². The number of halogens is 1. The van der Waals surface area contributed by atoms with E-state index in [1.807, 2.05) is 49.4 Å². The fourth-order valence-corrected chi connectivity index (χ4v) is 4.71. The molecule has 3 heterocycles. The fraction of sp³-hybridized carbons (Fsp3) is 0.360. The standard InChI is InChI=1S/C25H29ClN4O3/c1-18-17-21(31)23(25(32)30(18)15-16-33-2)24(19-7-3-4-8-20(19)26)29-13-11-28(12-14-29)22-9-5-6-10-27-22/h3-10,17,24,31H,11-16H2,1-2H3. The second-order valence-electron chi connectivity index (χ2n) is 8.17. The van der Waals surface area contributed by atoms with Crippen molar-refractivity contribution in [3.05, 3.63) is 86.9 Å². The summed E-state index contributed by atoms with van der Waals surface area (Å²) >= 11 is 6.61. The minimum atomic E-state index is -0.466. The first-order valence-corrected chi connectivity index (χ1v) is 11.5. The molecule has 2 aromatic heterocycles. The van der Waals surface area contributed by atoms with Gasteiger partial charge in [-0.05, 0) is 36.8 Å². The maximum atomic E-state index is 13.6. The molecule has 1 aliphatic heterocycles. The third-order valence-electron chi connectivity index (χ3n) is 6.17. The van der Waals surface area contributed by atoms with Crippen LogP contribution in [0, 0.1) is 6.92 Å². The van der Waals surface area contributed by atoms with E-state index in [-0.39, 0.29) is 11.3 Å². The summed E-state index contributed by atoms with van der Waals surface area (Å²) in [6.07, 6.45) is 1.79. The van der Waals surface area contributed by atoms with Crippen LogP contribution in [0.3, 0.4) is 0 Å². The molecule has 1 saturated heterocycles. The molecule has 0 bridgehead atoms.